The zero-order valence-electron chi connectivity index (χ0n) is 8.23. The predicted octanol–water partition coefficient (Wildman–Crippen LogP) is 0.655. The van der Waals surface area contributed by atoms with Crippen LogP contribution in [-0.4, -0.2) is 24.5 Å². The highest BCUT2D eigenvalue weighted by atomic mass is 16.1. The van der Waals surface area contributed by atoms with Gasteiger partial charge in [-0.3, -0.25) is 4.79 Å². The van der Waals surface area contributed by atoms with Crippen molar-refractivity contribution in [3.63, 3.8) is 0 Å². The highest BCUT2D eigenvalue weighted by molar-refractivity contribution is 5.77. The van der Waals surface area contributed by atoms with E-state index >= 15 is 0 Å². The van der Waals surface area contributed by atoms with Crippen LogP contribution in [0.25, 0.3) is 0 Å². The second-order valence-corrected chi connectivity index (χ2v) is 4.68. The van der Waals surface area contributed by atoms with Crippen molar-refractivity contribution in [2.24, 2.45) is 5.92 Å². The summed E-state index contributed by atoms with van der Waals surface area (Å²) in [6.45, 7) is 4.07. The van der Waals surface area contributed by atoms with Gasteiger partial charge in [-0.15, -0.1) is 0 Å². The standard InChI is InChI=1S/C10H18N2O/c1-10(4-5-11-7-10)12-9(13)6-8-2-3-8/h8,11H,2-7H2,1H3,(H,12,13). The summed E-state index contributed by atoms with van der Waals surface area (Å²) in [6.07, 6.45) is 4.31. The van der Waals surface area contributed by atoms with E-state index in [-0.39, 0.29) is 11.4 Å². The maximum absolute atomic E-state index is 11.5. The molecule has 1 amide bonds. The Labute approximate surface area is 79.3 Å². The molecule has 2 fully saturated rings. The van der Waals surface area contributed by atoms with Crippen molar-refractivity contribution in [2.75, 3.05) is 13.1 Å². The fraction of sp³-hybridized carbons (Fsp3) is 0.900. The molecule has 0 aromatic carbocycles. The molecule has 2 aliphatic rings. The highest BCUT2D eigenvalue weighted by Crippen LogP contribution is 2.32. The SMILES string of the molecule is CC1(NC(=O)CC2CC2)CCNC1. The van der Waals surface area contributed by atoms with E-state index in [2.05, 4.69) is 17.6 Å². The molecule has 1 aliphatic heterocycles. The molecule has 0 aromatic rings. The lowest BCUT2D eigenvalue weighted by Crippen LogP contribution is -2.47. The van der Waals surface area contributed by atoms with E-state index in [1.54, 1.807) is 0 Å². The predicted molar refractivity (Wildman–Crippen MR) is 51.4 cm³/mol. The summed E-state index contributed by atoms with van der Waals surface area (Å²) in [5.41, 5.74) is 0.0198. The summed E-state index contributed by atoms with van der Waals surface area (Å²) in [5.74, 6) is 0.937. The summed E-state index contributed by atoms with van der Waals surface area (Å²) in [7, 11) is 0. The first-order valence-electron chi connectivity index (χ1n) is 5.20. The van der Waals surface area contributed by atoms with Crippen molar-refractivity contribution in [2.45, 2.75) is 38.1 Å². The Morgan fingerprint density at radius 3 is 2.92 bits per heavy atom. The molecule has 0 spiro atoms. The molecule has 3 nitrogen and oxygen atoms in total. The molecule has 1 saturated carbocycles. The van der Waals surface area contributed by atoms with E-state index in [1.807, 2.05) is 0 Å². The van der Waals surface area contributed by atoms with Gasteiger partial charge in [-0.2, -0.15) is 0 Å². The lowest BCUT2D eigenvalue weighted by molar-refractivity contribution is -0.123. The molecule has 1 atom stereocenters. The van der Waals surface area contributed by atoms with E-state index in [4.69, 9.17) is 0 Å². The molecule has 74 valence electrons. The summed E-state index contributed by atoms with van der Waals surface area (Å²) in [4.78, 5) is 11.5. The normalized spacial score (nSPS) is 33.3. The van der Waals surface area contributed by atoms with E-state index in [9.17, 15) is 4.79 Å². The van der Waals surface area contributed by atoms with Gasteiger partial charge in [0.1, 0.15) is 0 Å². The molecule has 1 heterocycles. The van der Waals surface area contributed by atoms with Crippen LogP contribution in [0.3, 0.4) is 0 Å². The molecule has 3 heteroatoms. The quantitative estimate of drug-likeness (QED) is 0.673. The van der Waals surface area contributed by atoms with Crippen molar-refractivity contribution in [1.29, 1.82) is 0 Å². The topological polar surface area (TPSA) is 41.1 Å². The summed E-state index contributed by atoms with van der Waals surface area (Å²) in [5, 5.41) is 6.40. The number of rotatable bonds is 3. The van der Waals surface area contributed by atoms with E-state index in [0.717, 1.165) is 25.9 Å². The van der Waals surface area contributed by atoms with Crippen LogP contribution >= 0.6 is 0 Å². The Hall–Kier alpha value is -0.570. The van der Waals surface area contributed by atoms with Crippen LogP contribution in [0.15, 0.2) is 0 Å². The number of hydrogen-bond acceptors (Lipinski definition) is 2. The molecule has 1 unspecified atom stereocenters. The lowest BCUT2D eigenvalue weighted by atomic mass is 10.0. The average molecular weight is 182 g/mol. The molecule has 0 radical (unpaired) electrons. The molecule has 2 rings (SSSR count). The number of nitrogens with one attached hydrogen (secondary N) is 2. The summed E-state index contributed by atoms with van der Waals surface area (Å²) < 4.78 is 0. The largest absolute Gasteiger partial charge is 0.350 e. The van der Waals surface area contributed by atoms with Crippen molar-refractivity contribution in [1.82, 2.24) is 10.6 Å². The highest BCUT2D eigenvalue weighted by Gasteiger charge is 2.32. The lowest BCUT2D eigenvalue weighted by Gasteiger charge is -2.24. The van der Waals surface area contributed by atoms with Crippen LogP contribution in [0, 0.1) is 5.92 Å². The minimum atomic E-state index is 0.0198. The second-order valence-electron chi connectivity index (χ2n) is 4.68. The van der Waals surface area contributed by atoms with Crippen LogP contribution in [0.1, 0.15) is 32.6 Å². The van der Waals surface area contributed by atoms with Gasteiger partial charge in [-0.05, 0) is 38.6 Å². The van der Waals surface area contributed by atoms with Crippen molar-refractivity contribution >= 4 is 5.91 Å². The molecule has 1 saturated heterocycles. The van der Waals surface area contributed by atoms with E-state index in [1.165, 1.54) is 12.8 Å². The maximum atomic E-state index is 11.5. The van der Waals surface area contributed by atoms with Crippen LogP contribution in [-0.2, 0) is 4.79 Å². The van der Waals surface area contributed by atoms with Gasteiger partial charge in [0.15, 0.2) is 0 Å². The van der Waals surface area contributed by atoms with E-state index in [0.29, 0.717) is 5.92 Å². The van der Waals surface area contributed by atoms with Gasteiger partial charge >= 0.3 is 0 Å². The molecule has 0 aromatic heterocycles. The summed E-state index contributed by atoms with van der Waals surface area (Å²) >= 11 is 0. The minimum Gasteiger partial charge on any atom is -0.350 e. The van der Waals surface area contributed by atoms with Crippen LogP contribution in [0.4, 0.5) is 0 Å². The minimum absolute atomic E-state index is 0.0198. The zero-order valence-corrected chi connectivity index (χ0v) is 8.23. The maximum Gasteiger partial charge on any atom is 0.220 e. The summed E-state index contributed by atoms with van der Waals surface area (Å²) in [6, 6.07) is 0. The smallest absolute Gasteiger partial charge is 0.220 e. The first-order chi connectivity index (χ1) is 6.18. The number of amides is 1. The fourth-order valence-corrected chi connectivity index (χ4v) is 1.90. The second kappa shape index (κ2) is 3.29. The molecule has 1 aliphatic carbocycles. The first kappa shape index (κ1) is 9.00. The van der Waals surface area contributed by atoms with Gasteiger partial charge in [0, 0.05) is 13.0 Å². The third-order valence-corrected chi connectivity index (χ3v) is 2.98. The molecule has 0 bridgehead atoms. The van der Waals surface area contributed by atoms with Gasteiger partial charge in [-0.25, -0.2) is 0 Å². The van der Waals surface area contributed by atoms with Crippen LogP contribution in [0.5, 0.6) is 0 Å². The third-order valence-electron chi connectivity index (χ3n) is 2.98. The molecule has 13 heavy (non-hydrogen) atoms. The van der Waals surface area contributed by atoms with Crippen molar-refractivity contribution in [3.8, 4) is 0 Å². The van der Waals surface area contributed by atoms with Gasteiger partial charge in [0.05, 0.1) is 5.54 Å². The first-order valence-corrected chi connectivity index (χ1v) is 5.20. The number of carbonyl (C=O) groups is 1. The van der Waals surface area contributed by atoms with Crippen molar-refractivity contribution < 1.29 is 4.79 Å². The monoisotopic (exact) mass is 182 g/mol. The fourth-order valence-electron chi connectivity index (χ4n) is 1.90. The van der Waals surface area contributed by atoms with Crippen LogP contribution in [0.2, 0.25) is 0 Å². The molecule has 2 N–H and O–H groups in total. The van der Waals surface area contributed by atoms with Gasteiger partial charge in [0.25, 0.3) is 0 Å². The number of carbonyl (C=O) groups excluding carboxylic acids is 1. The Morgan fingerprint density at radius 1 is 1.62 bits per heavy atom. The Balaban J connectivity index is 1.77. The Kier molecular flexibility index (Phi) is 2.28. The zero-order chi connectivity index (χ0) is 9.31. The van der Waals surface area contributed by atoms with Gasteiger partial charge in [0.2, 0.25) is 5.91 Å². The molecular weight excluding hydrogens is 164 g/mol. The average Bonchev–Trinajstić information content (AvgIpc) is 2.74. The van der Waals surface area contributed by atoms with Crippen molar-refractivity contribution in [3.05, 3.63) is 0 Å². The van der Waals surface area contributed by atoms with Gasteiger partial charge < -0.3 is 10.6 Å². The van der Waals surface area contributed by atoms with Crippen LogP contribution < -0.4 is 10.6 Å². The van der Waals surface area contributed by atoms with Gasteiger partial charge in [-0.1, -0.05) is 0 Å². The Bertz CT molecular complexity index is 205. The molecular formula is C10H18N2O. The Morgan fingerprint density at radius 2 is 2.38 bits per heavy atom. The number of hydrogen-bond donors (Lipinski definition) is 2. The van der Waals surface area contributed by atoms with E-state index < -0.39 is 0 Å². The third kappa shape index (κ3) is 2.44.